The summed E-state index contributed by atoms with van der Waals surface area (Å²) in [5, 5.41) is 2.81. The number of hydrogen-bond acceptors (Lipinski definition) is 6. The summed E-state index contributed by atoms with van der Waals surface area (Å²) in [4.78, 5) is 27.9. The van der Waals surface area contributed by atoms with Crippen LogP contribution in [0.5, 0.6) is 5.88 Å². The second kappa shape index (κ2) is 6.70. The van der Waals surface area contributed by atoms with Crippen LogP contribution in [0.1, 0.15) is 23.2 Å². The number of nitrogens with zero attached hydrogens (tertiary/aromatic N) is 1. The lowest BCUT2D eigenvalue weighted by Gasteiger charge is -2.13. The highest BCUT2D eigenvalue weighted by atomic mass is 32.2. The number of thioether (sulfide) groups is 2. The Labute approximate surface area is 131 Å². The van der Waals surface area contributed by atoms with Crippen LogP contribution in [-0.4, -0.2) is 45.4 Å². The monoisotopic (exact) mass is 324 g/mol. The van der Waals surface area contributed by atoms with Crippen LogP contribution in [0.4, 0.5) is 0 Å². The van der Waals surface area contributed by atoms with Gasteiger partial charge in [-0.1, -0.05) is 11.8 Å². The average molecular weight is 324 g/mol. The predicted molar refractivity (Wildman–Crippen MR) is 83.9 cm³/mol. The highest BCUT2D eigenvalue weighted by Gasteiger charge is 2.27. The summed E-state index contributed by atoms with van der Waals surface area (Å²) in [7, 11) is 0. The fourth-order valence-corrected chi connectivity index (χ4v) is 4.29. The highest BCUT2D eigenvalue weighted by Crippen LogP contribution is 2.23. The third kappa shape index (κ3) is 3.71. The molecule has 2 saturated heterocycles. The van der Waals surface area contributed by atoms with Crippen LogP contribution in [0, 0.1) is 0 Å². The number of carbonyl (C=O) groups is 2. The molecule has 5 nitrogen and oxygen atoms in total. The number of hydrogen-bond donors (Lipinski definition) is 1. The summed E-state index contributed by atoms with van der Waals surface area (Å²) < 4.78 is 5.77. The maximum absolute atomic E-state index is 12.2. The van der Waals surface area contributed by atoms with E-state index < -0.39 is 0 Å². The lowest BCUT2D eigenvalue weighted by Crippen LogP contribution is -2.37. The molecule has 0 saturated carbocycles. The fourth-order valence-electron chi connectivity index (χ4n) is 2.26. The maximum atomic E-state index is 12.2. The SMILES string of the molecule is O=C(NC1CCSC1=O)c1ccnc(OC2CCSC2)c1. The van der Waals surface area contributed by atoms with Crippen molar-refractivity contribution in [2.75, 3.05) is 17.3 Å². The Morgan fingerprint density at radius 2 is 2.29 bits per heavy atom. The summed E-state index contributed by atoms with van der Waals surface area (Å²) >= 11 is 3.14. The summed E-state index contributed by atoms with van der Waals surface area (Å²) in [6.45, 7) is 0. The van der Waals surface area contributed by atoms with Gasteiger partial charge in [0.15, 0.2) is 0 Å². The zero-order valence-electron chi connectivity index (χ0n) is 11.4. The molecule has 0 aliphatic carbocycles. The van der Waals surface area contributed by atoms with Crippen LogP contribution >= 0.6 is 23.5 Å². The molecule has 2 fully saturated rings. The molecular weight excluding hydrogens is 308 g/mol. The third-order valence-electron chi connectivity index (χ3n) is 3.41. The number of amides is 1. The van der Waals surface area contributed by atoms with Gasteiger partial charge in [-0.25, -0.2) is 4.98 Å². The van der Waals surface area contributed by atoms with E-state index in [1.165, 1.54) is 11.8 Å². The van der Waals surface area contributed by atoms with Crippen molar-refractivity contribution in [3.05, 3.63) is 23.9 Å². The van der Waals surface area contributed by atoms with Crippen LogP contribution in [0.3, 0.4) is 0 Å². The van der Waals surface area contributed by atoms with Crippen molar-refractivity contribution in [2.24, 2.45) is 0 Å². The number of aromatic nitrogens is 1. The molecule has 2 aliphatic heterocycles. The molecule has 0 bridgehead atoms. The zero-order chi connectivity index (χ0) is 14.7. The molecule has 3 rings (SSSR count). The molecule has 3 heterocycles. The predicted octanol–water partition coefficient (Wildman–Crippen LogP) is 1.73. The molecule has 1 aromatic rings. The Morgan fingerprint density at radius 3 is 3.00 bits per heavy atom. The van der Waals surface area contributed by atoms with Crippen LogP contribution < -0.4 is 10.1 Å². The summed E-state index contributed by atoms with van der Waals surface area (Å²) in [6, 6.07) is 2.91. The van der Waals surface area contributed by atoms with Crippen LogP contribution in [0.2, 0.25) is 0 Å². The third-order valence-corrected chi connectivity index (χ3v) is 5.55. The van der Waals surface area contributed by atoms with E-state index in [1.807, 2.05) is 11.8 Å². The molecule has 1 N–H and O–H groups in total. The summed E-state index contributed by atoms with van der Waals surface area (Å²) in [5.74, 6) is 3.07. The average Bonchev–Trinajstić information content (AvgIpc) is 3.12. The van der Waals surface area contributed by atoms with Crippen molar-refractivity contribution in [1.29, 1.82) is 0 Å². The lowest BCUT2D eigenvalue weighted by molar-refractivity contribution is -0.112. The van der Waals surface area contributed by atoms with Crippen molar-refractivity contribution in [1.82, 2.24) is 10.3 Å². The van der Waals surface area contributed by atoms with Crippen molar-refractivity contribution in [3.63, 3.8) is 0 Å². The van der Waals surface area contributed by atoms with Gasteiger partial charge in [-0.05, 0) is 24.7 Å². The largest absolute Gasteiger partial charge is 0.473 e. The molecule has 21 heavy (non-hydrogen) atoms. The van der Waals surface area contributed by atoms with Gasteiger partial charge in [-0.3, -0.25) is 9.59 Å². The molecule has 1 amide bonds. The van der Waals surface area contributed by atoms with Crippen LogP contribution in [-0.2, 0) is 4.79 Å². The van der Waals surface area contributed by atoms with E-state index >= 15 is 0 Å². The van der Waals surface area contributed by atoms with Gasteiger partial charge in [-0.2, -0.15) is 11.8 Å². The molecule has 2 aliphatic rings. The van der Waals surface area contributed by atoms with Gasteiger partial charge < -0.3 is 10.1 Å². The van der Waals surface area contributed by atoms with Gasteiger partial charge in [0.05, 0.1) is 6.04 Å². The standard InChI is InChI=1S/C14H16N2O3S2/c17-13(16-11-3-6-21-14(11)18)9-1-4-15-12(7-9)19-10-2-5-20-8-10/h1,4,7,10-11H,2-3,5-6,8H2,(H,16,17). The Morgan fingerprint density at radius 1 is 1.38 bits per heavy atom. The second-order valence-corrected chi connectivity index (χ2v) is 7.22. The first kappa shape index (κ1) is 14.7. The molecule has 2 unspecified atom stereocenters. The smallest absolute Gasteiger partial charge is 0.252 e. The first-order chi connectivity index (χ1) is 10.2. The minimum atomic E-state index is -0.369. The van der Waals surface area contributed by atoms with E-state index in [4.69, 9.17) is 4.74 Å². The molecule has 0 aromatic carbocycles. The molecule has 7 heteroatoms. The van der Waals surface area contributed by atoms with E-state index in [2.05, 4.69) is 10.3 Å². The Kier molecular flexibility index (Phi) is 4.70. The number of ether oxygens (including phenoxy) is 1. The molecule has 0 spiro atoms. The highest BCUT2D eigenvalue weighted by molar-refractivity contribution is 8.14. The van der Waals surface area contributed by atoms with Gasteiger partial charge in [0, 0.05) is 29.3 Å². The number of nitrogens with one attached hydrogen (secondary N) is 1. The van der Waals surface area contributed by atoms with Gasteiger partial charge in [0.1, 0.15) is 6.10 Å². The van der Waals surface area contributed by atoms with E-state index in [-0.39, 0.29) is 23.2 Å². The van der Waals surface area contributed by atoms with E-state index in [1.54, 1.807) is 18.3 Å². The van der Waals surface area contributed by atoms with Crippen molar-refractivity contribution >= 4 is 34.5 Å². The summed E-state index contributed by atoms with van der Waals surface area (Å²) in [5.41, 5.74) is 0.482. The van der Waals surface area contributed by atoms with Crippen molar-refractivity contribution in [2.45, 2.75) is 25.0 Å². The Balaban J connectivity index is 1.64. The van der Waals surface area contributed by atoms with E-state index in [9.17, 15) is 9.59 Å². The Bertz CT molecular complexity index is 547. The number of rotatable bonds is 4. The van der Waals surface area contributed by atoms with Gasteiger partial charge in [-0.15, -0.1) is 0 Å². The number of carbonyl (C=O) groups excluding carboxylic acids is 2. The maximum Gasteiger partial charge on any atom is 0.252 e. The molecule has 1 aromatic heterocycles. The first-order valence-electron chi connectivity index (χ1n) is 6.90. The first-order valence-corrected chi connectivity index (χ1v) is 9.04. The second-order valence-electron chi connectivity index (χ2n) is 4.97. The van der Waals surface area contributed by atoms with Gasteiger partial charge in [0.25, 0.3) is 5.91 Å². The van der Waals surface area contributed by atoms with Crippen molar-refractivity contribution < 1.29 is 14.3 Å². The quantitative estimate of drug-likeness (QED) is 0.910. The summed E-state index contributed by atoms with van der Waals surface area (Å²) in [6.07, 6.45) is 3.45. The molecule has 2 atom stereocenters. The lowest BCUT2D eigenvalue weighted by atomic mass is 10.2. The van der Waals surface area contributed by atoms with Crippen LogP contribution in [0.15, 0.2) is 18.3 Å². The van der Waals surface area contributed by atoms with E-state index in [0.29, 0.717) is 17.9 Å². The molecule has 0 radical (unpaired) electrons. The molecular formula is C14H16N2O3S2. The van der Waals surface area contributed by atoms with Gasteiger partial charge >= 0.3 is 0 Å². The zero-order valence-corrected chi connectivity index (χ0v) is 13.0. The topological polar surface area (TPSA) is 68.3 Å². The minimum absolute atomic E-state index is 0.0388. The Hall–Kier alpha value is -1.21. The minimum Gasteiger partial charge on any atom is -0.473 e. The van der Waals surface area contributed by atoms with Crippen molar-refractivity contribution in [3.8, 4) is 5.88 Å². The van der Waals surface area contributed by atoms with E-state index in [0.717, 1.165) is 23.7 Å². The normalized spacial score (nSPS) is 25.0. The number of pyridine rings is 1. The molecule has 112 valence electrons. The van der Waals surface area contributed by atoms with Crippen LogP contribution in [0.25, 0.3) is 0 Å². The fraction of sp³-hybridized carbons (Fsp3) is 0.500. The van der Waals surface area contributed by atoms with Gasteiger partial charge in [0.2, 0.25) is 11.0 Å².